The van der Waals surface area contributed by atoms with Crippen LogP contribution in [0.25, 0.3) is 0 Å². The van der Waals surface area contributed by atoms with Crippen LogP contribution in [-0.2, 0) is 12.8 Å². The molecule has 0 saturated carbocycles. The second-order valence-electron chi connectivity index (χ2n) is 5.31. The van der Waals surface area contributed by atoms with Gasteiger partial charge in [-0.25, -0.2) is 0 Å². The van der Waals surface area contributed by atoms with Crippen LogP contribution in [0.1, 0.15) is 69.1 Å². The van der Waals surface area contributed by atoms with Crippen LogP contribution in [0.4, 0.5) is 0 Å². The molecule has 0 aromatic heterocycles. The maximum absolute atomic E-state index is 3.92. The van der Waals surface area contributed by atoms with Gasteiger partial charge >= 0.3 is 0 Å². The van der Waals surface area contributed by atoms with E-state index in [1.165, 1.54) is 55.2 Å². The monoisotopic (exact) mass is 244 g/mol. The van der Waals surface area contributed by atoms with Crippen molar-refractivity contribution in [2.45, 2.75) is 65.2 Å². The fourth-order valence-corrected chi connectivity index (χ4v) is 2.24. The quantitative estimate of drug-likeness (QED) is 0.517. The number of unbranched alkanes of at least 4 members (excludes halogenated alkanes) is 2. The van der Waals surface area contributed by atoms with Gasteiger partial charge in [-0.2, -0.15) is 0 Å². The highest BCUT2D eigenvalue weighted by Gasteiger charge is 2.05. The Morgan fingerprint density at radius 1 is 1.00 bits per heavy atom. The van der Waals surface area contributed by atoms with Gasteiger partial charge in [-0.15, -0.1) is 6.58 Å². The predicted molar refractivity (Wildman–Crippen MR) is 82.3 cm³/mol. The van der Waals surface area contributed by atoms with E-state index < -0.39 is 0 Å². The van der Waals surface area contributed by atoms with E-state index in [4.69, 9.17) is 0 Å². The van der Waals surface area contributed by atoms with E-state index in [1.54, 1.807) is 0 Å². The Bertz CT molecular complexity index is 336. The molecule has 1 aromatic carbocycles. The Labute approximate surface area is 113 Å². The molecule has 0 heterocycles. The lowest BCUT2D eigenvalue weighted by molar-refractivity contribution is 0.776. The molecule has 100 valence electrons. The van der Waals surface area contributed by atoms with Crippen molar-refractivity contribution in [2.24, 2.45) is 0 Å². The van der Waals surface area contributed by atoms with Crippen molar-refractivity contribution in [3.63, 3.8) is 0 Å². The van der Waals surface area contributed by atoms with E-state index in [0.29, 0.717) is 5.92 Å². The Morgan fingerprint density at radius 3 is 1.89 bits per heavy atom. The summed E-state index contributed by atoms with van der Waals surface area (Å²) in [5, 5.41) is 0. The van der Waals surface area contributed by atoms with Gasteiger partial charge < -0.3 is 0 Å². The fraction of sp³-hybridized carbons (Fsp3) is 0.556. The molecule has 0 aliphatic heterocycles. The summed E-state index contributed by atoms with van der Waals surface area (Å²) in [5.74, 6) is 0.465. The van der Waals surface area contributed by atoms with Gasteiger partial charge in [-0.1, -0.05) is 57.9 Å². The molecule has 0 N–H and O–H groups in total. The highest BCUT2D eigenvalue weighted by atomic mass is 14.1. The van der Waals surface area contributed by atoms with Gasteiger partial charge in [0.25, 0.3) is 0 Å². The first kappa shape index (κ1) is 15.0. The van der Waals surface area contributed by atoms with Crippen molar-refractivity contribution in [1.82, 2.24) is 0 Å². The summed E-state index contributed by atoms with van der Waals surface area (Å²) in [7, 11) is 0. The summed E-state index contributed by atoms with van der Waals surface area (Å²) in [6.07, 6.45) is 9.60. The van der Waals surface area contributed by atoms with Crippen molar-refractivity contribution in [2.75, 3.05) is 0 Å². The van der Waals surface area contributed by atoms with Crippen molar-refractivity contribution in [3.8, 4) is 0 Å². The van der Waals surface area contributed by atoms with Crippen molar-refractivity contribution < 1.29 is 0 Å². The molecule has 0 fully saturated rings. The first-order chi connectivity index (χ1) is 8.71. The molecule has 0 spiro atoms. The fourth-order valence-electron chi connectivity index (χ4n) is 2.24. The van der Waals surface area contributed by atoms with E-state index >= 15 is 0 Å². The molecule has 1 atom stereocenters. The summed E-state index contributed by atoms with van der Waals surface area (Å²) in [6, 6.07) is 7.15. The minimum absolute atomic E-state index is 0.465. The number of allylic oxidation sites excluding steroid dienone is 1. The normalized spacial score (nSPS) is 12.4. The van der Waals surface area contributed by atoms with Crippen molar-refractivity contribution in [1.29, 1.82) is 0 Å². The van der Waals surface area contributed by atoms with Crippen LogP contribution < -0.4 is 0 Å². The standard InChI is InChI=1S/C18H28/c1-5-8-10-16-12-17(11-9-6-2)14-18(13-16)15(4)7-3/h7,12-15H,3,5-6,8-11H2,1-2,4H3. The number of rotatable bonds is 8. The van der Waals surface area contributed by atoms with E-state index in [1.807, 2.05) is 6.08 Å². The zero-order chi connectivity index (χ0) is 13.4. The Kier molecular flexibility index (Phi) is 6.78. The van der Waals surface area contributed by atoms with Gasteiger partial charge in [0, 0.05) is 0 Å². The van der Waals surface area contributed by atoms with Gasteiger partial charge in [0.05, 0.1) is 0 Å². The molecule has 0 aliphatic rings. The molecular weight excluding hydrogens is 216 g/mol. The topological polar surface area (TPSA) is 0 Å². The number of benzene rings is 1. The van der Waals surface area contributed by atoms with Crippen LogP contribution in [0.2, 0.25) is 0 Å². The average molecular weight is 244 g/mol. The number of hydrogen-bond acceptors (Lipinski definition) is 0. The van der Waals surface area contributed by atoms with Crippen LogP contribution >= 0.6 is 0 Å². The zero-order valence-corrected chi connectivity index (χ0v) is 12.3. The SMILES string of the molecule is C=CC(C)c1cc(CCCC)cc(CCCC)c1. The molecule has 1 aromatic rings. The van der Waals surface area contributed by atoms with Crippen molar-refractivity contribution in [3.05, 3.63) is 47.5 Å². The second kappa shape index (κ2) is 8.13. The molecule has 0 amide bonds. The number of hydrogen-bond donors (Lipinski definition) is 0. The summed E-state index contributed by atoms with van der Waals surface area (Å²) in [5.41, 5.74) is 4.45. The summed E-state index contributed by atoms with van der Waals surface area (Å²) in [6.45, 7) is 10.7. The van der Waals surface area contributed by atoms with Gasteiger partial charge in [0.2, 0.25) is 0 Å². The lowest BCUT2D eigenvalue weighted by Crippen LogP contribution is -1.96. The molecule has 0 saturated heterocycles. The van der Waals surface area contributed by atoms with Gasteiger partial charge in [0.1, 0.15) is 0 Å². The minimum Gasteiger partial charge on any atom is -0.102 e. The summed E-state index contributed by atoms with van der Waals surface area (Å²) in [4.78, 5) is 0. The Hall–Kier alpha value is -1.04. The van der Waals surface area contributed by atoms with Crippen molar-refractivity contribution >= 4 is 0 Å². The molecule has 0 bridgehead atoms. The molecule has 0 radical (unpaired) electrons. The van der Waals surface area contributed by atoms with E-state index in [0.717, 1.165) is 0 Å². The third-order valence-electron chi connectivity index (χ3n) is 3.59. The average Bonchev–Trinajstić information content (AvgIpc) is 2.41. The van der Waals surface area contributed by atoms with E-state index in [-0.39, 0.29) is 0 Å². The van der Waals surface area contributed by atoms with Crippen LogP contribution in [0.3, 0.4) is 0 Å². The van der Waals surface area contributed by atoms with Crippen LogP contribution in [0.15, 0.2) is 30.9 Å². The van der Waals surface area contributed by atoms with Gasteiger partial charge in [0.15, 0.2) is 0 Å². The first-order valence-electron chi connectivity index (χ1n) is 7.46. The Balaban J connectivity index is 2.91. The highest BCUT2D eigenvalue weighted by molar-refractivity contribution is 5.34. The molecule has 1 rings (SSSR count). The third-order valence-corrected chi connectivity index (χ3v) is 3.59. The Morgan fingerprint density at radius 2 is 1.50 bits per heavy atom. The lowest BCUT2D eigenvalue weighted by Gasteiger charge is -2.12. The molecule has 0 aliphatic carbocycles. The second-order valence-corrected chi connectivity index (χ2v) is 5.31. The predicted octanol–water partition coefficient (Wildman–Crippen LogP) is 5.66. The maximum Gasteiger partial charge on any atom is -0.00129 e. The molecular formula is C18H28. The van der Waals surface area contributed by atoms with Crippen LogP contribution in [-0.4, -0.2) is 0 Å². The molecule has 1 unspecified atom stereocenters. The van der Waals surface area contributed by atoms with Gasteiger partial charge in [-0.3, -0.25) is 0 Å². The molecule has 0 nitrogen and oxygen atoms in total. The van der Waals surface area contributed by atoms with E-state index in [2.05, 4.69) is 45.5 Å². The third kappa shape index (κ3) is 4.68. The summed E-state index contributed by atoms with van der Waals surface area (Å²) < 4.78 is 0. The largest absolute Gasteiger partial charge is 0.102 e. The van der Waals surface area contributed by atoms with Gasteiger partial charge in [-0.05, 0) is 48.3 Å². The molecule has 18 heavy (non-hydrogen) atoms. The highest BCUT2D eigenvalue weighted by Crippen LogP contribution is 2.22. The van der Waals surface area contributed by atoms with Crippen LogP contribution in [0, 0.1) is 0 Å². The molecule has 0 heteroatoms. The summed E-state index contributed by atoms with van der Waals surface area (Å²) >= 11 is 0. The maximum atomic E-state index is 3.92. The zero-order valence-electron chi connectivity index (χ0n) is 12.3. The first-order valence-corrected chi connectivity index (χ1v) is 7.46. The smallest absolute Gasteiger partial charge is 0.00129 e. The number of aryl methyl sites for hydroxylation is 2. The van der Waals surface area contributed by atoms with Crippen LogP contribution in [0.5, 0.6) is 0 Å². The lowest BCUT2D eigenvalue weighted by atomic mass is 9.93. The van der Waals surface area contributed by atoms with E-state index in [9.17, 15) is 0 Å². The minimum atomic E-state index is 0.465.